The van der Waals surface area contributed by atoms with E-state index in [0.29, 0.717) is 0 Å². The summed E-state index contributed by atoms with van der Waals surface area (Å²) >= 11 is -1.89. The van der Waals surface area contributed by atoms with Crippen molar-refractivity contribution >= 4 is 50.6 Å². The van der Waals surface area contributed by atoms with Crippen molar-refractivity contribution in [2.45, 2.75) is 56.8 Å². The Balaban J connectivity index is 1.35. The number of nitrogens with zero attached hydrogens (tertiary/aromatic N) is 2. The number of para-hydroxylation sites is 4. The minimum Gasteiger partial charge on any atom is -0.455 e. The van der Waals surface area contributed by atoms with Crippen LogP contribution in [0.4, 0.5) is 0 Å². The molecule has 2 aromatic heterocycles. The molecule has 0 radical (unpaired) electrons. The van der Waals surface area contributed by atoms with Crippen LogP contribution in [0.1, 0.15) is 53.4 Å². The van der Waals surface area contributed by atoms with E-state index in [9.17, 15) is 2.74 Å². The molecule has 8 rings (SSSR count). The van der Waals surface area contributed by atoms with E-state index in [4.69, 9.17) is 9.40 Å². The van der Waals surface area contributed by atoms with Gasteiger partial charge < -0.3 is 4.42 Å². The van der Waals surface area contributed by atoms with Gasteiger partial charge in [-0.1, -0.05) is 70.2 Å². The molecule has 4 heteroatoms. The fourth-order valence-electron chi connectivity index (χ4n) is 7.18. The van der Waals surface area contributed by atoms with Gasteiger partial charge in [0.15, 0.2) is 0 Å². The first-order valence-corrected chi connectivity index (χ1v) is 24.8. The zero-order chi connectivity index (χ0) is 36.6. The van der Waals surface area contributed by atoms with Crippen LogP contribution in [-0.4, -0.2) is 22.8 Å². The van der Waals surface area contributed by atoms with Gasteiger partial charge in [0.25, 0.3) is 0 Å². The number of benzene rings is 6. The number of hydrogen-bond donors (Lipinski definition) is 0. The number of aromatic nitrogens is 2. The topological polar surface area (TPSA) is 31.0 Å². The molecule has 0 aliphatic carbocycles. The van der Waals surface area contributed by atoms with Crippen molar-refractivity contribution in [1.82, 2.24) is 9.55 Å². The third-order valence-electron chi connectivity index (χ3n) is 9.92. The first-order chi connectivity index (χ1) is 24.7. The van der Waals surface area contributed by atoms with Crippen LogP contribution >= 0.6 is 0 Å². The summed E-state index contributed by atoms with van der Waals surface area (Å²) in [5.74, 6) is 5.98. The molecule has 8 aromatic rings. The zero-order valence-electron chi connectivity index (χ0n) is 31.9. The molecule has 0 aliphatic rings. The van der Waals surface area contributed by atoms with Gasteiger partial charge in [-0.05, 0) is 24.3 Å². The molecule has 0 saturated carbocycles. The van der Waals surface area contributed by atoms with Crippen LogP contribution in [0, 0.1) is 0 Å². The fourth-order valence-corrected chi connectivity index (χ4v) is 9.63. The fraction of sp³-hybridized carbons (Fsp3) is 0.196. The van der Waals surface area contributed by atoms with Crippen molar-refractivity contribution in [1.29, 1.82) is 0 Å². The maximum atomic E-state index is 9.56. The molecule has 0 spiro atoms. The monoisotopic (exact) mass is 716 g/mol. The van der Waals surface area contributed by atoms with Crippen molar-refractivity contribution in [2.24, 2.45) is 0 Å². The molecule has 0 bridgehead atoms. The van der Waals surface area contributed by atoms with Crippen LogP contribution in [-0.2, 0) is 0 Å². The molecule has 2 heterocycles. The summed E-state index contributed by atoms with van der Waals surface area (Å²) < 4.78 is 29.3. The molecule has 50 heavy (non-hydrogen) atoms. The predicted molar refractivity (Wildman–Crippen MR) is 216 cm³/mol. The summed E-state index contributed by atoms with van der Waals surface area (Å²) in [6.07, 6.45) is 0. The minimum atomic E-state index is -1.89. The normalized spacial score (nSPS) is 13.3. The van der Waals surface area contributed by atoms with Gasteiger partial charge in [0, 0.05) is 13.5 Å². The summed E-state index contributed by atoms with van der Waals surface area (Å²) in [4.78, 5) is 5.25. The van der Waals surface area contributed by atoms with Gasteiger partial charge in [0.1, 0.15) is 17.0 Å². The van der Waals surface area contributed by atoms with Crippen LogP contribution < -0.4 is 4.40 Å². The third kappa shape index (κ3) is 5.58. The van der Waals surface area contributed by atoms with Gasteiger partial charge in [-0.2, -0.15) is 0 Å². The van der Waals surface area contributed by atoms with Gasteiger partial charge in [0.05, 0.1) is 16.6 Å². The van der Waals surface area contributed by atoms with Crippen molar-refractivity contribution in [2.75, 3.05) is 0 Å². The van der Waals surface area contributed by atoms with E-state index in [1.165, 1.54) is 15.5 Å². The Labute approximate surface area is 300 Å². The summed E-state index contributed by atoms with van der Waals surface area (Å²) in [7, 11) is 0. The summed E-state index contributed by atoms with van der Waals surface area (Å²) in [6, 6.07) is 44.6. The Morgan fingerprint density at radius 1 is 0.620 bits per heavy atom. The Bertz CT molecular complexity index is 2580. The number of fused-ring (bicyclic) bond motifs is 4. The van der Waals surface area contributed by atoms with Crippen LogP contribution in [0.2, 0.25) is 17.3 Å². The molecule has 0 fully saturated rings. The zero-order valence-corrected chi connectivity index (χ0v) is 32.0. The average molecular weight is 715 g/mol. The van der Waals surface area contributed by atoms with Gasteiger partial charge in [-0.25, -0.2) is 4.98 Å². The van der Waals surface area contributed by atoms with Crippen LogP contribution in [0.15, 0.2) is 132 Å². The maximum absolute atomic E-state index is 9.56. The summed E-state index contributed by atoms with van der Waals surface area (Å²) in [5.41, 5.74) is 11.1. The van der Waals surface area contributed by atoms with Gasteiger partial charge in [-0.15, -0.1) is 0 Å². The van der Waals surface area contributed by atoms with E-state index in [2.05, 4.69) is 113 Å². The predicted octanol–water partition coefficient (Wildman–Crippen LogP) is 12.7. The van der Waals surface area contributed by atoms with E-state index >= 15 is 0 Å². The second-order valence-electron chi connectivity index (χ2n) is 14.9. The Morgan fingerprint density at radius 2 is 1.18 bits per heavy atom. The van der Waals surface area contributed by atoms with Crippen molar-refractivity contribution in [3.8, 4) is 39.3 Å². The SMILES string of the molecule is [2H]C(C)(C)c1cc(-c2ccc(-c3cc[c]([Ge]([CH3])([CH3])[CH3])cc3)cc2)cc(C([2H])(C)C)c1-n1c(-c2cccc3c2oc2ccccc23)nc2ccccc21. The van der Waals surface area contributed by atoms with Crippen molar-refractivity contribution < 1.29 is 7.16 Å². The Morgan fingerprint density at radius 3 is 1.82 bits per heavy atom. The number of furan rings is 1. The summed E-state index contributed by atoms with van der Waals surface area (Å²) in [6.45, 7) is 7.74. The molecule has 3 nitrogen and oxygen atoms in total. The molecule has 6 aromatic carbocycles. The molecule has 0 amide bonds. The number of imidazole rings is 1. The quantitative estimate of drug-likeness (QED) is 0.154. The first kappa shape index (κ1) is 30.0. The van der Waals surface area contributed by atoms with E-state index in [0.717, 1.165) is 72.3 Å². The second kappa shape index (κ2) is 12.5. The smallest absolute Gasteiger partial charge is 0.455 e. The molecule has 0 N–H and O–H groups in total. The van der Waals surface area contributed by atoms with Crippen molar-refractivity contribution in [3.63, 3.8) is 0 Å². The van der Waals surface area contributed by atoms with E-state index in [-0.39, 0.29) is 0 Å². The van der Waals surface area contributed by atoms with Gasteiger partial charge in [-0.3, -0.25) is 4.57 Å². The Kier molecular flexibility index (Phi) is 7.48. The second-order valence-corrected chi connectivity index (χ2v) is 25.5. The van der Waals surface area contributed by atoms with Crippen molar-refractivity contribution in [3.05, 3.63) is 139 Å². The molecule has 248 valence electrons. The number of rotatable bonds is 7. The van der Waals surface area contributed by atoms with E-state index in [1.54, 1.807) is 0 Å². The van der Waals surface area contributed by atoms with Gasteiger partial charge in [0.2, 0.25) is 0 Å². The van der Waals surface area contributed by atoms with Crippen LogP contribution in [0.25, 0.3) is 72.3 Å². The number of hydrogen-bond acceptors (Lipinski definition) is 2. The van der Waals surface area contributed by atoms with E-state index < -0.39 is 25.1 Å². The minimum absolute atomic E-state index is 0.722. The summed E-state index contributed by atoms with van der Waals surface area (Å²) in [5, 5.41) is 2.09. The molecular formula is C46H44GeN2O. The van der Waals surface area contributed by atoms with Gasteiger partial charge >= 0.3 is 146 Å². The van der Waals surface area contributed by atoms with Crippen LogP contribution in [0.5, 0.6) is 0 Å². The molecule has 0 unspecified atom stereocenters. The molecule has 0 atom stereocenters. The Hall–Kier alpha value is -4.87. The first-order valence-electron chi connectivity index (χ1n) is 18.5. The standard InChI is InChI=1S/C46H44GeN2O/c1-29(2)39-27-34(33-21-19-31(20-22-33)32-23-25-35(26-24-32)47(5,6)7)28-40(30(3)4)44(39)49-42-17-10-9-16-41(42)48-46(49)38-15-12-14-37-36-13-8-11-18-43(36)50-45(37)38/h8-30H,1-7H3/i29D,30D. The third-order valence-corrected chi connectivity index (χ3v) is 14.3. The molecule has 0 saturated heterocycles. The average Bonchev–Trinajstić information content (AvgIpc) is 3.69. The molecule has 0 aliphatic heterocycles. The van der Waals surface area contributed by atoms with Crippen LogP contribution in [0.3, 0.4) is 0 Å². The molecular weight excluding hydrogens is 669 g/mol. The van der Waals surface area contributed by atoms with E-state index in [1.807, 2.05) is 64.1 Å².